The molecule has 7 nitrogen and oxygen atoms in total. The molecule has 1 fully saturated rings. The molecule has 0 aliphatic carbocycles. The summed E-state index contributed by atoms with van der Waals surface area (Å²) < 4.78 is 3.72. The highest BCUT2D eigenvalue weighted by Gasteiger charge is 2.19. The van der Waals surface area contributed by atoms with Crippen LogP contribution in [0.25, 0.3) is 0 Å². The van der Waals surface area contributed by atoms with E-state index in [2.05, 4.69) is 29.5 Å². The first-order valence-electron chi connectivity index (χ1n) is 10.1. The molecule has 2 aromatic heterocycles. The van der Waals surface area contributed by atoms with Gasteiger partial charge in [0, 0.05) is 25.5 Å². The zero-order valence-corrected chi connectivity index (χ0v) is 19.5. The number of aromatic nitrogens is 3. The lowest BCUT2D eigenvalue weighted by Gasteiger charge is -2.23. The number of halogens is 2. The van der Waals surface area contributed by atoms with E-state index in [0.717, 1.165) is 38.2 Å². The number of hydrogen-bond acceptors (Lipinski definition) is 4. The van der Waals surface area contributed by atoms with Gasteiger partial charge in [0.2, 0.25) is 0 Å². The van der Waals surface area contributed by atoms with Gasteiger partial charge in [0.05, 0.1) is 18.6 Å². The van der Waals surface area contributed by atoms with Crippen LogP contribution in [0.1, 0.15) is 48.3 Å². The van der Waals surface area contributed by atoms with E-state index in [1.807, 2.05) is 17.6 Å². The van der Waals surface area contributed by atoms with Gasteiger partial charge in [-0.1, -0.05) is 13.8 Å². The Morgan fingerprint density at radius 3 is 2.77 bits per heavy atom. The minimum Gasteiger partial charge on any atom is -0.346 e. The maximum Gasteiger partial charge on any atom is 0.263 e. The molecule has 1 unspecified atom stereocenters. The summed E-state index contributed by atoms with van der Waals surface area (Å²) in [6.07, 6.45) is 7.58. The lowest BCUT2D eigenvalue weighted by Crippen LogP contribution is -2.38. The summed E-state index contributed by atoms with van der Waals surface area (Å²) in [5, 5.41) is 6.28. The van der Waals surface area contributed by atoms with Crippen LogP contribution >= 0.6 is 24.8 Å². The lowest BCUT2D eigenvalue weighted by molar-refractivity contribution is 0.0947. The largest absolute Gasteiger partial charge is 0.346 e. The van der Waals surface area contributed by atoms with Crippen LogP contribution in [0.4, 0.5) is 0 Å². The van der Waals surface area contributed by atoms with E-state index in [9.17, 15) is 9.59 Å². The first-order valence-corrected chi connectivity index (χ1v) is 10.1. The average Bonchev–Trinajstić information content (AvgIpc) is 3.09. The highest BCUT2D eigenvalue weighted by molar-refractivity contribution is 5.95. The minimum atomic E-state index is -0.323. The summed E-state index contributed by atoms with van der Waals surface area (Å²) in [5.41, 5.74) is 1.67. The maximum atomic E-state index is 12.9. The quantitative estimate of drug-likeness (QED) is 0.669. The smallest absolute Gasteiger partial charge is 0.263 e. The Hall–Kier alpha value is -1.83. The molecule has 1 saturated heterocycles. The number of carbonyl (C=O) groups excluding carboxylic acids is 1. The Morgan fingerprint density at radius 2 is 2.10 bits per heavy atom. The van der Waals surface area contributed by atoms with Crippen LogP contribution in [0.15, 0.2) is 29.6 Å². The highest BCUT2D eigenvalue weighted by atomic mass is 35.5. The van der Waals surface area contributed by atoms with E-state index in [-0.39, 0.29) is 41.8 Å². The number of hydrogen-bond donors (Lipinski definition) is 2. The normalized spacial score (nSPS) is 15.9. The standard InChI is InChI=1S/C21H31N5O2.2ClH/c1-15(2)12-26-14-23-10-18(26)11-24-20(27)19-16(3)6-8-25(21(19)28)13-17-5-4-7-22-9-17;;/h6,8,10,14-15,17,22H,4-5,7,9,11-13H2,1-3H3,(H,24,27);2*1H. The second-order valence-electron chi connectivity index (χ2n) is 8.16. The number of piperidine rings is 1. The molecular weight excluding hydrogens is 425 g/mol. The summed E-state index contributed by atoms with van der Waals surface area (Å²) in [6, 6.07) is 1.86. The number of aryl methyl sites for hydroxylation is 1. The van der Waals surface area contributed by atoms with Gasteiger partial charge >= 0.3 is 0 Å². The van der Waals surface area contributed by atoms with Gasteiger partial charge in [-0.05, 0) is 56.3 Å². The van der Waals surface area contributed by atoms with Crippen LogP contribution < -0.4 is 16.2 Å². The second-order valence-corrected chi connectivity index (χ2v) is 8.16. The van der Waals surface area contributed by atoms with Crippen molar-refractivity contribution in [1.29, 1.82) is 0 Å². The zero-order valence-electron chi connectivity index (χ0n) is 17.9. The SMILES string of the molecule is Cc1ccn(CC2CCCNC2)c(=O)c1C(=O)NCc1cncn1CC(C)C.Cl.Cl. The van der Waals surface area contributed by atoms with Crippen LogP contribution in [0, 0.1) is 18.8 Å². The van der Waals surface area contributed by atoms with Crippen molar-refractivity contribution in [3.63, 3.8) is 0 Å². The van der Waals surface area contributed by atoms with Gasteiger partial charge in [-0.3, -0.25) is 9.59 Å². The summed E-state index contributed by atoms with van der Waals surface area (Å²) in [5.74, 6) is 0.591. The number of carbonyl (C=O) groups is 1. The molecule has 0 spiro atoms. The fraction of sp³-hybridized carbons (Fsp3) is 0.571. The molecule has 2 N–H and O–H groups in total. The third kappa shape index (κ3) is 6.59. The van der Waals surface area contributed by atoms with E-state index in [4.69, 9.17) is 0 Å². The van der Waals surface area contributed by atoms with Crippen molar-refractivity contribution in [2.24, 2.45) is 11.8 Å². The van der Waals surface area contributed by atoms with Crippen molar-refractivity contribution in [2.75, 3.05) is 13.1 Å². The first kappa shape index (κ1) is 26.2. The first-order chi connectivity index (χ1) is 13.5. The van der Waals surface area contributed by atoms with Gasteiger partial charge in [-0.2, -0.15) is 0 Å². The predicted molar refractivity (Wildman–Crippen MR) is 124 cm³/mol. The topological polar surface area (TPSA) is 81.0 Å². The highest BCUT2D eigenvalue weighted by Crippen LogP contribution is 2.12. The van der Waals surface area contributed by atoms with E-state index in [1.54, 1.807) is 23.3 Å². The molecule has 2 aromatic rings. The van der Waals surface area contributed by atoms with Crippen molar-refractivity contribution in [1.82, 2.24) is 24.8 Å². The van der Waals surface area contributed by atoms with E-state index < -0.39 is 0 Å². The Labute approximate surface area is 190 Å². The van der Waals surface area contributed by atoms with Gasteiger partial charge < -0.3 is 19.8 Å². The van der Waals surface area contributed by atoms with Crippen molar-refractivity contribution in [3.05, 3.63) is 52.0 Å². The van der Waals surface area contributed by atoms with Crippen LogP contribution in [-0.4, -0.2) is 33.1 Å². The monoisotopic (exact) mass is 457 g/mol. The van der Waals surface area contributed by atoms with Crippen LogP contribution in [0.3, 0.4) is 0 Å². The molecule has 9 heteroatoms. The molecular formula is C21H33Cl2N5O2. The number of imidazole rings is 1. The van der Waals surface area contributed by atoms with Gasteiger partial charge in [0.1, 0.15) is 5.56 Å². The van der Waals surface area contributed by atoms with Gasteiger partial charge in [0.15, 0.2) is 0 Å². The molecule has 3 rings (SSSR count). The van der Waals surface area contributed by atoms with Crippen LogP contribution in [-0.2, 0) is 19.6 Å². The van der Waals surface area contributed by atoms with E-state index in [1.165, 1.54) is 0 Å². The number of nitrogens with zero attached hydrogens (tertiary/aromatic N) is 3. The molecule has 3 heterocycles. The molecule has 0 radical (unpaired) electrons. The average molecular weight is 458 g/mol. The molecule has 30 heavy (non-hydrogen) atoms. The molecule has 1 amide bonds. The Kier molecular flexibility index (Phi) is 10.6. The van der Waals surface area contributed by atoms with Crippen LogP contribution in [0.5, 0.6) is 0 Å². The summed E-state index contributed by atoms with van der Waals surface area (Å²) >= 11 is 0. The van der Waals surface area contributed by atoms with E-state index in [0.29, 0.717) is 30.5 Å². The van der Waals surface area contributed by atoms with Gasteiger partial charge in [-0.25, -0.2) is 4.98 Å². The number of nitrogens with one attached hydrogen (secondary N) is 2. The number of pyridine rings is 1. The Bertz CT molecular complexity index is 873. The maximum absolute atomic E-state index is 12.9. The Morgan fingerprint density at radius 1 is 1.33 bits per heavy atom. The van der Waals surface area contributed by atoms with E-state index >= 15 is 0 Å². The fourth-order valence-electron chi connectivity index (χ4n) is 3.76. The molecule has 168 valence electrons. The van der Waals surface area contributed by atoms with Gasteiger partial charge in [0.25, 0.3) is 11.5 Å². The molecule has 0 aromatic carbocycles. The van der Waals surface area contributed by atoms with Crippen LogP contribution in [0.2, 0.25) is 0 Å². The molecule has 1 aliphatic rings. The lowest BCUT2D eigenvalue weighted by atomic mass is 9.99. The molecule has 0 bridgehead atoms. The zero-order chi connectivity index (χ0) is 20.1. The molecule has 1 aliphatic heterocycles. The minimum absolute atomic E-state index is 0. The van der Waals surface area contributed by atoms with Crippen molar-refractivity contribution >= 4 is 30.7 Å². The van der Waals surface area contributed by atoms with Crippen molar-refractivity contribution in [3.8, 4) is 0 Å². The molecule has 1 atom stereocenters. The third-order valence-electron chi connectivity index (χ3n) is 5.24. The fourth-order valence-corrected chi connectivity index (χ4v) is 3.76. The number of amides is 1. The summed E-state index contributed by atoms with van der Waals surface area (Å²) in [7, 11) is 0. The third-order valence-corrected chi connectivity index (χ3v) is 5.24. The summed E-state index contributed by atoms with van der Waals surface area (Å²) in [4.78, 5) is 29.9. The van der Waals surface area contributed by atoms with Crippen molar-refractivity contribution in [2.45, 2.75) is 53.2 Å². The van der Waals surface area contributed by atoms with Crippen molar-refractivity contribution < 1.29 is 4.79 Å². The second kappa shape index (κ2) is 12.1. The number of rotatable bonds is 7. The molecule has 0 saturated carbocycles. The van der Waals surface area contributed by atoms with Gasteiger partial charge in [-0.15, -0.1) is 24.8 Å². The Balaban J connectivity index is 0.00000225. The predicted octanol–water partition coefficient (Wildman–Crippen LogP) is 2.78. The summed E-state index contributed by atoms with van der Waals surface area (Å²) in [6.45, 7) is 9.89.